The van der Waals surface area contributed by atoms with E-state index in [4.69, 9.17) is 5.73 Å². The van der Waals surface area contributed by atoms with Gasteiger partial charge in [-0.15, -0.1) is 0 Å². The Morgan fingerprint density at radius 2 is 1.85 bits per heavy atom. The van der Waals surface area contributed by atoms with Gasteiger partial charge in [-0.2, -0.15) is 0 Å². The number of amides is 1. The lowest BCUT2D eigenvalue weighted by atomic mass is 10.3. The van der Waals surface area contributed by atoms with Crippen molar-refractivity contribution < 1.29 is 9.53 Å². The molecule has 0 spiro atoms. The molecule has 0 aliphatic rings. The smallest absolute Gasteiger partial charge is 0.409 e. The molecule has 1 amide bonds. The number of nitrogens with zero attached hydrogens (tertiary/aromatic N) is 1. The SMILES string of the molecule is CN(C)c1ccc(OC([NH])=O)cc1. The maximum atomic E-state index is 10.3. The van der Waals surface area contributed by atoms with Gasteiger partial charge in [-0.25, -0.2) is 10.5 Å². The summed E-state index contributed by atoms with van der Waals surface area (Å²) in [4.78, 5) is 12.2. The molecule has 0 heterocycles. The highest BCUT2D eigenvalue weighted by molar-refractivity contribution is 5.67. The minimum atomic E-state index is -1.04. The van der Waals surface area contributed by atoms with Gasteiger partial charge >= 0.3 is 6.09 Å². The molecule has 1 N–H and O–H groups in total. The lowest BCUT2D eigenvalue weighted by molar-refractivity contribution is 0.209. The van der Waals surface area contributed by atoms with E-state index in [-0.39, 0.29) is 0 Å². The Morgan fingerprint density at radius 3 is 2.23 bits per heavy atom. The summed E-state index contributed by atoms with van der Waals surface area (Å²) in [7, 11) is 3.84. The van der Waals surface area contributed by atoms with Gasteiger partial charge < -0.3 is 9.64 Å². The molecule has 4 heteroatoms. The van der Waals surface area contributed by atoms with Crippen LogP contribution in [-0.4, -0.2) is 20.2 Å². The molecule has 0 bridgehead atoms. The third-order valence-corrected chi connectivity index (χ3v) is 1.56. The topological polar surface area (TPSA) is 53.3 Å². The molecule has 0 saturated carbocycles. The molecule has 0 saturated heterocycles. The number of ether oxygens (including phenoxy) is 1. The molecule has 0 aromatic heterocycles. The molecule has 1 rings (SSSR count). The summed E-state index contributed by atoms with van der Waals surface area (Å²) in [5.41, 5.74) is 7.60. The molecule has 0 unspecified atom stereocenters. The van der Waals surface area contributed by atoms with Crippen LogP contribution in [0.1, 0.15) is 0 Å². The first-order valence-electron chi connectivity index (χ1n) is 3.80. The summed E-state index contributed by atoms with van der Waals surface area (Å²) in [6.07, 6.45) is -1.04. The third kappa shape index (κ3) is 2.66. The predicted octanol–water partition coefficient (Wildman–Crippen LogP) is 1.53. The maximum absolute atomic E-state index is 10.3. The largest absolute Gasteiger partial charge is 0.431 e. The van der Waals surface area contributed by atoms with E-state index in [9.17, 15) is 4.79 Å². The molecule has 13 heavy (non-hydrogen) atoms. The third-order valence-electron chi connectivity index (χ3n) is 1.56. The second-order valence-corrected chi connectivity index (χ2v) is 2.78. The van der Waals surface area contributed by atoms with Gasteiger partial charge in [0.05, 0.1) is 0 Å². The second-order valence-electron chi connectivity index (χ2n) is 2.78. The van der Waals surface area contributed by atoms with Crippen molar-refractivity contribution in [2.24, 2.45) is 0 Å². The number of hydrogen-bond donors (Lipinski definition) is 0. The highest BCUT2D eigenvalue weighted by Crippen LogP contribution is 2.17. The Morgan fingerprint density at radius 1 is 1.31 bits per heavy atom. The average molecular weight is 179 g/mol. The first-order valence-corrected chi connectivity index (χ1v) is 3.80. The van der Waals surface area contributed by atoms with Gasteiger partial charge in [0.15, 0.2) is 0 Å². The minimum absolute atomic E-state index is 0.394. The standard InChI is InChI=1S/C9H11N2O2/c1-11(2)7-3-5-8(6-4-7)13-9(10)12/h3-6,10H,1-2H3. The molecular formula is C9H11N2O2. The zero-order valence-corrected chi connectivity index (χ0v) is 7.57. The Labute approximate surface area is 76.9 Å². The molecule has 0 aliphatic carbocycles. The Balaban J connectivity index is 2.75. The number of anilines is 1. The quantitative estimate of drug-likeness (QED) is 0.691. The fourth-order valence-electron chi connectivity index (χ4n) is 0.919. The van der Waals surface area contributed by atoms with Crippen LogP contribution >= 0.6 is 0 Å². The van der Waals surface area contributed by atoms with Crippen molar-refractivity contribution in [3.63, 3.8) is 0 Å². The first kappa shape index (κ1) is 9.38. The fourth-order valence-corrected chi connectivity index (χ4v) is 0.919. The predicted molar refractivity (Wildman–Crippen MR) is 49.9 cm³/mol. The van der Waals surface area contributed by atoms with Crippen LogP contribution in [0.2, 0.25) is 0 Å². The van der Waals surface area contributed by atoms with E-state index in [2.05, 4.69) is 4.74 Å². The zero-order chi connectivity index (χ0) is 9.84. The van der Waals surface area contributed by atoms with Crippen molar-refractivity contribution >= 4 is 11.8 Å². The molecule has 1 radical (unpaired) electrons. The lowest BCUT2D eigenvalue weighted by Crippen LogP contribution is -2.09. The zero-order valence-electron chi connectivity index (χ0n) is 7.57. The van der Waals surface area contributed by atoms with Crippen LogP contribution in [0.3, 0.4) is 0 Å². The highest BCUT2D eigenvalue weighted by Gasteiger charge is 1.99. The summed E-state index contributed by atoms with van der Waals surface area (Å²) in [6, 6.07) is 6.94. The Bertz CT molecular complexity index is 293. The lowest BCUT2D eigenvalue weighted by Gasteiger charge is -2.11. The van der Waals surface area contributed by atoms with E-state index in [0.717, 1.165) is 5.69 Å². The molecule has 0 atom stereocenters. The van der Waals surface area contributed by atoms with Gasteiger partial charge in [-0.3, -0.25) is 0 Å². The van der Waals surface area contributed by atoms with Gasteiger partial charge in [0.1, 0.15) is 5.75 Å². The van der Waals surface area contributed by atoms with Gasteiger partial charge in [-0.05, 0) is 24.3 Å². The molecule has 1 aromatic carbocycles. The monoisotopic (exact) mass is 179 g/mol. The van der Waals surface area contributed by atoms with Gasteiger partial charge in [0, 0.05) is 19.8 Å². The van der Waals surface area contributed by atoms with Crippen molar-refractivity contribution in [1.29, 1.82) is 0 Å². The van der Waals surface area contributed by atoms with Crippen LogP contribution < -0.4 is 15.4 Å². The number of carbonyl (C=O) groups excluding carboxylic acids is 1. The minimum Gasteiger partial charge on any atom is -0.409 e. The van der Waals surface area contributed by atoms with E-state index in [1.54, 1.807) is 12.1 Å². The van der Waals surface area contributed by atoms with Gasteiger partial charge in [0.25, 0.3) is 0 Å². The summed E-state index contributed by atoms with van der Waals surface area (Å²) < 4.78 is 4.56. The van der Waals surface area contributed by atoms with Crippen LogP contribution in [-0.2, 0) is 0 Å². The first-order chi connectivity index (χ1) is 6.09. The highest BCUT2D eigenvalue weighted by atomic mass is 16.5. The van der Waals surface area contributed by atoms with E-state index >= 15 is 0 Å². The van der Waals surface area contributed by atoms with Crippen LogP contribution in [0.4, 0.5) is 10.5 Å². The Kier molecular flexibility index (Phi) is 2.74. The molecule has 0 fully saturated rings. The number of hydrogen-bond acceptors (Lipinski definition) is 3. The fraction of sp³-hybridized carbons (Fsp3) is 0.222. The summed E-state index contributed by atoms with van der Waals surface area (Å²) >= 11 is 0. The molecule has 1 aromatic rings. The molecule has 0 aliphatic heterocycles. The van der Waals surface area contributed by atoms with E-state index in [0.29, 0.717) is 5.75 Å². The van der Waals surface area contributed by atoms with E-state index < -0.39 is 6.09 Å². The average Bonchev–Trinajstić information content (AvgIpc) is 2.04. The molecule has 69 valence electrons. The number of rotatable bonds is 2. The maximum Gasteiger partial charge on any atom is 0.431 e. The second kappa shape index (κ2) is 3.80. The van der Waals surface area contributed by atoms with Crippen molar-refractivity contribution in [2.45, 2.75) is 0 Å². The van der Waals surface area contributed by atoms with Crippen LogP contribution in [0.25, 0.3) is 0 Å². The van der Waals surface area contributed by atoms with Gasteiger partial charge in [0.2, 0.25) is 0 Å². The van der Waals surface area contributed by atoms with E-state index in [1.165, 1.54) is 0 Å². The summed E-state index contributed by atoms with van der Waals surface area (Å²) in [6.45, 7) is 0. The normalized spacial score (nSPS) is 9.38. The number of benzene rings is 1. The van der Waals surface area contributed by atoms with Crippen LogP contribution in [0.5, 0.6) is 5.75 Å². The van der Waals surface area contributed by atoms with Crippen molar-refractivity contribution in [1.82, 2.24) is 5.73 Å². The van der Waals surface area contributed by atoms with Crippen LogP contribution in [0, 0.1) is 0 Å². The van der Waals surface area contributed by atoms with Crippen molar-refractivity contribution in [2.75, 3.05) is 19.0 Å². The summed E-state index contributed by atoms with van der Waals surface area (Å²) in [5, 5.41) is 0. The van der Waals surface area contributed by atoms with Crippen LogP contribution in [0.15, 0.2) is 24.3 Å². The molecular weight excluding hydrogens is 168 g/mol. The van der Waals surface area contributed by atoms with Crippen molar-refractivity contribution in [3.05, 3.63) is 24.3 Å². The molecule has 4 nitrogen and oxygen atoms in total. The van der Waals surface area contributed by atoms with E-state index in [1.807, 2.05) is 31.1 Å². The number of nitrogens with one attached hydrogen (secondary N) is 1. The van der Waals surface area contributed by atoms with Crippen molar-refractivity contribution in [3.8, 4) is 5.75 Å². The number of carbonyl (C=O) groups is 1. The summed E-state index contributed by atoms with van der Waals surface area (Å²) in [5.74, 6) is 0.394. The Hall–Kier alpha value is -1.71. The van der Waals surface area contributed by atoms with Gasteiger partial charge in [-0.1, -0.05) is 0 Å².